The minimum absolute atomic E-state index is 0.554. The molecule has 0 bridgehead atoms. The van der Waals surface area contributed by atoms with Gasteiger partial charge in [0.05, 0.1) is 0 Å². The van der Waals surface area contributed by atoms with E-state index in [1.165, 1.54) is 30.5 Å². The van der Waals surface area contributed by atoms with Gasteiger partial charge in [-0.3, -0.25) is 0 Å². The number of aromatic nitrogens is 2. The summed E-state index contributed by atoms with van der Waals surface area (Å²) >= 11 is 0. The molecule has 1 fully saturated rings. The van der Waals surface area contributed by atoms with Crippen molar-refractivity contribution < 1.29 is 0 Å². The second kappa shape index (κ2) is 4.01. The smallest absolute Gasteiger partial charge is 0.132 e. The molecule has 4 heteroatoms. The standard InChI is InChI=1S/C12H18N4/c13-12-9-4-1-5-10(9)15-11(16-12)7-8-3-2-6-14-8/h8,14H,1-7H2,(H2,13,15,16). The molecule has 0 amide bonds. The molecule has 86 valence electrons. The van der Waals surface area contributed by atoms with E-state index in [-0.39, 0.29) is 0 Å². The van der Waals surface area contributed by atoms with Crippen molar-refractivity contribution in [1.29, 1.82) is 0 Å². The maximum atomic E-state index is 5.98. The average Bonchev–Trinajstić information content (AvgIpc) is 2.87. The lowest BCUT2D eigenvalue weighted by Gasteiger charge is -2.11. The first kappa shape index (κ1) is 10.0. The van der Waals surface area contributed by atoms with E-state index in [9.17, 15) is 0 Å². The molecule has 0 radical (unpaired) electrons. The van der Waals surface area contributed by atoms with Gasteiger partial charge in [0, 0.05) is 23.7 Å². The van der Waals surface area contributed by atoms with Crippen LogP contribution in [-0.2, 0) is 19.3 Å². The number of rotatable bonds is 2. The fourth-order valence-corrected chi connectivity index (χ4v) is 2.76. The number of fused-ring (bicyclic) bond motifs is 1. The van der Waals surface area contributed by atoms with Gasteiger partial charge in [-0.2, -0.15) is 0 Å². The molecule has 1 aromatic heterocycles. The summed E-state index contributed by atoms with van der Waals surface area (Å²) in [5.41, 5.74) is 8.37. The van der Waals surface area contributed by atoms with Crippen LogP contribution in [0.2, 0.25) is 0 Å². The Balaban J connectivity index is 1.82. The Bertz CT molecular complexity index is 396. The first-order valence-corrected chi connectivity index (χ1v) is 6.20. The molecule has 1 saturated heterocycles. The van der Waals surface area contributed by atoms with E-state index >= 15 is 0 Å². The van der Waals surface area contributed by atoms with E-state index in [4.69, 9.17) is 5.73 Å². The van der Waals surface area contributed by atoms with Crippen molar-refractivity contribution in [1.82, 2.24) is 15.3 Å². The molecule has 16 heavy (non-hydrogen) atoms. The highest BCUT2D eigenvalue weighted by Gasteiger charge is 2.20. The third kappa shape index (κ3) is 1.78. The highest BCUT2D eigenvalue weighted by Crippen LogP contribution is 2.24. The lowest BCUT2D eigenvalue weighted by molar-refractivity contribution is 0.584. The summed E-state index contributed by atoms with van der Waals surface area (Å²) < 4.78 is 0. The second-order valence-corrected chi connectivity index (χ2v) is 4.80. The van der Waals surface area contributed by atoms with Crippen LogP contribution in [0.5, 0.6) is 0 Å². The van der Waals surface area contributed by atoms with Crippen molar-refractivity contribution in [2.75, 3.05) is 12.3 Å². The quantitative estimate of drug-likeness (QED) is 0.772. The molecular weight excluding hydrogens is 200 g/mol. The molecule has 1 aromatic rings. The topological polar surface area (TPSA) is 63.8 Å². The van der Waals surface area contributed by atoms with Crippen LogP contribution in [0.1, 0.15) is 36.3 Å². The molecule has 1 aliphatic heterocycles. The summed E-state index contributed by atoms with van der Waals surface area (Å²) in [6.07, 6.45) is 6.75. The van der Waals surface area contributed by atoms with Crippen LogP contribution in [0, 0.1) is 0 Å². The van der Waals surface area contributed by atoms with Gasteiger partial charge in [0.15, 0.2) is 0 Å². The SMILES string of the molecule is Nc1nc(CC2CCCN2)nc2c1CCC2. The summed E-state index contributed by atoms with van der Waals surface area (Å²) in [7, 11) is 0. The summed E-state index contributed by atoms with van der Waals surface area (Å²) in [5.74, 6) is 1.65. The maximum absolute atomic E-state index is 5.98. The van der Waals surface area contributed by atoms with E-state index < -0.39 is 0 Å². The summed E-state index contributed by atoms with van der Waals surface area (Å²) in [6, 6.07) is 0.554. The monoisotopic (exact) mass is 218 g/mol. The second-order valence-electron chi connectivity index (χ2n) is 4.80. The predicted octanol–water partition coefficient (Wildman–Crippen LogP) is 0.842. The largest absolute Gasteiger partial charge is 0.383 e. The van der Waals surface area contributed by atoms with Crippen molar-refractivity contribution in [2.24, 2.45) is 0 Å². The van der Waals surface area contributed by atoms with Gasteiger partial charge in [0.1, 0.15) is 11.6 Å². The van der Waals surface area contributed by atoms with Crippen LogP contribution < -0.4 is 11.1 Å². The molecule has 0 spiro atoms. The first-order chi connectivity index (χ1) is 7.83. The Morgan fingerprint density at radius 2 is 2.19 bits per heavy atom. The third-order valence-electron chi connectivity index (χ3n) is 3.60. The summed E-state index contributed by atoms with van der Waals surface area (Å²) in [6.45, 7) is 1.13. The van der Waals surface area contributed by atoms with E-state index in [1.54, 1.807) is 0 Å². The van der Waals surface area contributed by atoms with Gasteiger partial charge in [-0.25, -0.2) is 9.97 Å². The van der Waals surface area contributed by atoms with Crippen molar-refractivity contribution in [3.8, 4) is 0 Å². The van der Waals surface area contributed by atoms with Crippen molar-refractivity contribution in [3.05, 3.63) is 17.1 Å². The Hall–Kier alpha value is -1.16. The highest BCUT2D eigenvalue weighted by atomic mass is 15.0. The Morgan fingerprint density at radius 1 is 1.25 bits per heavy atom. The highest BCUT2D eigenvalue weighted by molar-refractivity contribution is 5.44. The molecule has 0 aromatic carbocycles. The average molecular weight is 218 g/mol. The lowest BCUT2D eigenvalue weighted by Crippen LogP contribution is -2.25. The third-order valence-corrected chi connectivity index (χ3v) is 3.60. The zero-order valence-electron chi connectivity index (χ0n) is 9.50. The minimum Gasteiger partial charge on any atom is -0.383 e. The van der Waals surface area contributed by atoms with Gasteiger partial charge in [-0.05, 0) is 38.6 Å². The molecule has 2 heterocycles. The summed E-state index contributed by atoms with van der Waals surface area (Å²) in [4.78, 5) is 9.08. The molecule has 1 unspecified atom stereocenters. The lowest BCUT2D eigenvalue weighted by atomic mass is 10.1. The van der Waals surface area contributed by atoms with Crippen molar-refractivity contribution >= 4 is 5.82 Å². The maximum Gasteiger partial charge on any atom is 0.132 e. The number of nitrogens with zero attached hydrogens (tertiary/aromatic N) is 2. The zero-order chi connectivity index (χ0) is 11.0. The number of nitrogens with two attached hydrogens (primary N) is 1. The number of hydrogen-bond donors (Lipinski definition) is 2. The zero-order valence-corrected chi connectivity index (χ0v) is 9.50. The Morgan fingerprint density at radius 3 is 3.00 bits per heavy atom. The van der Waals surface area contributed by atoms with E-state index in [0.717, 1.165) is 37.4 Å². The van der Waals surface area contributed by atoms with Gasteiger partial charge in [-0.15, -0.1) is 0 Å². The van der Waals surface area contributed by atoms with Gasteiger partial charge in [-0.1, -0.05) is 0 Å². The normalized spacial score (nSPS) is 23.6. The first-order valence-electron chi connectivity index (χ1n) is 6.20. The molecule has 1 atom stereocenters. The predicted molar refractivity (Wildman–Crippen MR) is 63.2 cm³/mol. The number of anilines is 1. The molecular formula is C12H18N4. The van der Waals surface area contributed by atoms with Gasteiger partial charge in [0.2, 0.25) is 0 Å². The number of nitrogens with one attached hydrogen (secondary N) is 1. The Labute approximate surface area is 95.7 Å². The molecule has 3 rings (SSSR count). The van der Waals surface area contributed by atoms with Crippen LogP contribution in [0.4, 0.5) is 5.82 Å². The van der Waals surface area contributed by atoms with E-state index in [2.05, 4.69) is 15.3 Å². The van der Waals surface area contributed by atoms with Crippen LogP contribution >= 0.6 is 0 Å². The van der Waals surface area contributed by atoms with E-state index in [0.29, 0.717) is 6.04 Å². The van der Waals surface area contributed by atoms with Gasteiger partial charge >= 0.3 is 0 Å². The van der Waals surface area contributed by atoms with Crippen LogP contribution in [0.3, 0.4) is 0 Å². The van der Waals surface area contributed by atoms with Gasteiger partial charge < -0.3 is 11.1 Å². The van der Waals surface area contributed by atoms with Gasteiger partial charge in [0.25, 0.3) is 0 Å². The molecule has 0 saturated carbocycles. The van der Waals surface area contributed by atoms with Crippen molar-refractivity contribution in [3.63, 3.8) is 0 Å². The fraction of sp³-hybridized carbons (Fsp3) is 0.667. The molecule has 2 aliphatic rings. The van der Waals surface area contributed by atoms with E-state index in [1.807, 2.05) is 0 Å². The number of nitrogen functional groups attached to an aromatic ring is 1. The van der Waals surface area contributed by atoms with Crippen LogP contribution in [-0.4, -0.2) is 22.6 Å². The fourth-order valence-electron chi connectivity index (χ4n) is 2.76. The number of aryl methyl sites for hydroxylation is 1. The van der Waals surface area contributed by atoms with Crippen molar-refractivity contribution in [2.45, 2.75) is 44.6 Å². The summed E-state index contributed by atoms with van der Waals surface area (Å²) in [5, 5.41) is 3.47. The molecule has 3 N–H and O–H groups in total. The van der Waals surface area contributed by atoms with Crippen LogP contribution in [0.25, 0.3) is 0 Å². The Kier molecular flexibility index (Phi) is 2.52. The number of hydrogen-bond acceptors (Lipinski definition) is 4. The van der Waals surface area contributed by atoms with Crippen LogP contribution in [0.15, 0.2) is 0 Å². The minimum atomic E-state index is 0.554. The molecule has 1 aliphatic carbocycles. The molecule has 4 nitrogen and oxygen atoms in total.